The number of amides is 1. The van der Waals surface area contributed by atoms with Crippen LogP contribution in [0.25, 0.3) is 0 Å². The Labute approximate surface area is 104 Å². The Morgan fingerprint density at radius 1 is 1.56 bits per heavy atom. The number of aromatic carboxylic acids is 1. The second kappa shape index (κ2) is 5.22. The highest BCUT2D eigenvalue weighted by molar-refractivity contribution is 5.95. The maximum atomic E-state index is 12.2. The highest BCUT2D eigenvalue weighted by Gasteiger charge is 2.34. The Kier molecular flexibility index (Phi) is 3.66. The minimum atomic E-state index is -1.10. The monoisotopic (exact) mass is 253 g/mol. The Balaban J connectivity index is 2.09. The van der Waals surface area contributed by atoms with Crippen molar-refractivity contribution in [2.75, 3.05) is 20.3 Å². The lowest BCUT2D eigenvalue weighted by atomic mass is 10.3. The maximum absolute atomic E-state index is 12.2. The summed E-state index contributed by atoms with van der Waals surface area (Å²) in [7, 11) is 1.57. The Bertz CT molecular complexity index is 449. The molecule has 0 aliphatic heterocycles. The number of carbonyl (C=O) groups is 2. The van der Waals surface area contributed by atoms with E-state index < -0.39 is 5.97 Å². The molecule has 1 aliphatic rings. The highest BCUT2D eigenvalue weighted by Crippen LogP contribution is 2.28. The van der Waals surface area contributed by atoms with Gasteiger partial charge in [-0.3, -0.25) is 4.79 Å². The van der Waals surface area contributed by atoms with Crippen molar-refractivity contribution >= 4 is 11.9 Å². The SMILES string of the molecule is COCCN(C(=O)c1cc(C(=O)O)co1)C1CC1. The molecule has 1 heterocycles. The summed E-state index contributed by atoms with van der Waals surface area (Å²) in [6.45, 7) is 0.942. The Morgan fingerprint density at radius 3 is 2.78 bits per heavy atom. The third-order valence-corrected chi connectivity index (χ3v) is 2.84. The molecular formula is C12H15NO5. The number of furan rings is 1. The standard InChI is InChI=1S/C12H15NO5/c1-17-5-4-13(9-2-3-9)11(14)10-6-8(7-18-10)12(15)16/h6-7,9H,2-5H2,1H3,(H,15,16). The largest absolute Gasteiger partial charge is 0.478 e. The van der Waals surface area contributed by atoms with Crippen LogP contribution in [-0.2, 0) is 4.74 Å². The zero-order valence-electron chi connectivity index (χ0n) is 10.1. The van der Waals surface area contributed by atoms with Gasteiger partial charge in [0.2, 0.25) is 0 Å². The quantitative estimate of drug-likeness (QED) is 0.824. The third kappa shape index (κ3) is 2.70. The second-order valence-electron chi connectivity index (χ2n) is 4.23. The fourth-order valence-corrected chi connectivity index (χ4v) is 1.73. The van der Waals surface area contributed by atoms with Crippen molar-refractivity contribution in [3.05, 3.63) is 23.7 Å². The van der Waals surface area contributed by atoms with Crippen LogP contribution in [0.2, 0.25) is 0 Å². The summed E-state index contributed by atoms with van der Waals surface area (Å²) in [4.78, 5) is 24.5. The highest BCUT2D eigenvalue weighted by atomic mass is 16.5. The first kappa shape index (κ1) is 12.6. The Hall–Kier alpha value is -1.82. The van der Waals surface area contributed by atoms with E-state index in [1.807, 2.05) is 0 Å². The average molecular weight is 253 g/mol. The van der Waals surface area contributed by atoms with Gasteiger partial charge in [-0.25, -0.2) is 4.79 Å². The number of carbonyl (C=O) groups excluding carboxylic acids is 1. The molecule has 6 heteroatoms. The lowest BCUT2D eigenvalue weighted by molar-refractivity contribution is 0.0648. The van der Waals surface area contributed by atoms with Gasteiger partial charge in [0.1, 0.15) is 6.26 Å². The Morgan fingerprint density at radius 2 is 2.28 bits per heavy atom. The van der Waals surface area contributed by atoms with Gasteiger partial charge in [-0.15, -0.1) is 0 Å². The summed E-state index contributed by atoms with van der Waals surface area (Å²) in [5.41, 5.74) is -0.0131. The van der Waals surface area contributed by atoms with E-state index in [0.29, 0.717) is 13.2 Å². The molecule has 6 nitrogen and oxygen atoms in total. The molecule has 2 rings (SSSR count). The molecule has 1 aliphatic carbocycles. The van der Waals surface area contributed by atoms with Crippen LogP contribution in [0, 0.1) is 0 Å². The van der Waals surface area contributed by atoms with Crippen LogP contribution in [0.4, 0.5) is 0 Å². The molecule has 0 saturated heterocycles. The summed E-state index contributed by atoms with van der Waals surface area (Å²) >= 11 is 0. The number of carboxylic acids is 1. The number of hydrogen-bond donors (Lipinski definition) is 1. The minimum absolute atomic E-state index is 0.0131. The first-order chi connectivity index (χ1) is 8.63. The van der Waals surface area contributed by atoms with E-state index in [4.69, 9.17) is 14.3 Å². The van der Waals surface area contributed by atoms with Crippen LogP contribution >= 0.6 is 0 Å². The van der Waals surface area contributed by atoms with E-state index in [-0.39, 0.29) is 23.3 Å². The predicted molar refractivity (Wildman–Crippen MR) is 61.6 cm³/mol. The number of ether oxygens (including phenoxy) is 1. The van der Waals surface area contributed by atoms with Crippen LogP contribution in [0.1, 0.15) is 33.8 Å². The summed E-state index contributed by atoms with van der Waals surface area (Å²) < 4.78 is 9.97. The minimum Gasteiger partial charge on any atom is -0.478 e. The molecule has 1 aromatic rings. The second-order valence-corrected chi connectivity index (χ2v) is 4.23. The fraction of sp³-hybridized carbons (Fsp3) is 0.500. The van der Waals surface area contributed by atoms with Crippen molar-refractivity contribution in [1.29, 1.82) is 0 Å². The number of hydrogen-bond acceptors (Lipinski definition) is 4. The molecule has 0 bridgehead atoms. The lowest BCUT2D eigenvalue weighted by Gasteiger charge is -2.20. The first-order valence-corrected chi connectivity index (χ1v) is 5.75. The van der Waals surface area contributed by atoms with E-state index in [1.54, 1.807) is 12.0 Å². The summed E-state index contributed by atoms with van der Waals surface area (Å²) in [6.07, 6.45) is 3.03. The fourth-order valence-electron chi connectivity index (χ4n) is 1.73. The van der Waals surface area contributed by atoms with Crippen molar-refractivity contribution < 1.29 is 23.8 Å². The molecule has 1 saturated carbocycles. The zero-order chi connectivity index (χ0) is 13.1. The predicted octanol–water partition coefficient (Wildman–Crippen LogP) is 1.23. The number of carboxylic acid groups (broad SMARTS) is 1. The summed E-state index contributed by atoms with van der Waals surface area (Å²) in [5.74, 6) is -1.31. The topological polar surface area (TPSA) is 80.0 Å². The van der Waals surface area contributed by atoms with Crippen molar-refractivity contribution in [2.45, 2.75) is 18.9 Å². The van der Waals surface area contributed by atoms with E-state index in [0.717, 1.165) is 19.1 Å². The van der Waals surface area contributed by atoms with Crippen molar-refractivity contribution in [2.24, 2.45) is 0 Å². The van der Waals surface area contributed by atoms with Gasteiger partial charge in [0.15, 0.2) is 5.76 Å². The van der Waals surface area contributed by atoms with Gasteiger partial charge in [-0.05, 0) is 12.8 Å². The van der Waals surface area contributed by atoms with Crippen LogP contribution in [0.5, 0.6) is 0 Å². The maximum Gasteiger partial charge on any atom is 0.338 e. The van der Waals surface area contributed by atoms with Gasteiger partial charge in [-0.1, -0.05) is 0 Å². The van der Waals surface area contributed by atoms with Gasteiger partial charge < -0.3 is 19.2 Å². The first-order valence-electron chi connectivity index (χ1n) is 5.75. The molecule has 98 valence electrons. The molecule has 0 radical (unpaired) electrons. The van der Waals surface area contributed by atoms with E-state index in [2.05, 4.69) is 0 Å². The molecular weight excluding hydrogens is 238 g/mol. The smallest absolute Gasteiger partial charge is 0.338 e. The molecule has 18 heavy (non-hydrogen) atoms. The summed E-state index contributed by atoms with van der Waals surface area (Å²) in [5, 5.41) is 8.78. The van der Waals surface area contributed by atoms with Gasteiger partial charge in [0.25, 0.3) is 5.91 Å². The van der Waals surface area contributed by atoms with Crippen LogP contribution in [0.3, 0.4) is 0 Å². The van der Waals surface area contributed by atoms with Crippen molar-refractivity contribution in [3.8, 4) is 0 Å². The molecule has 1 amide bonds. The van der Waals surface area contributed by atoms with E-state index in [9.17, 15) is 9.59 Å². The molecule has 1 aromatic heterocycles. The average Bonchev–Trinajstić information content (AvgIpc) is 3.05. The number of rotatable bonds is 6. The molecule has 0 spiro atoms. The number of nitrogens with zero attached hydrogens (tertiary/aromatic N) is 1. The number of methoxy groups -OCH3 is 1. The molecule has 0 unspecified atom stereocenters. The van der Waals surface area contributed by atoms with Crippen LogP contribution < -0.4 is 0 Å². The molecule has 0 aromatic carbocycles. The van der Waals surface area contributed by atoms with Crippen LogP contribution in [-0.4, -0.2) is 48.2 Å². The van der Waals surface area contributed by atoms with E-state index in [1.165, 1.54) is 6.07 Å². The van der Waals surface area contributed by atoms with Crippen molar-refractivity contribution in [1.82, 2.24) is 4.90 Å². The molecule has 0 atom stereocenters. The van der Waals surface area contributed by atoms with Gasteiger partial charge in [0, 0.05) is 25.8 Å². The third-order valence-electron chi connectivity index (χ3n) is 2.84. The molecule has 1 N–H and O–H groups in total. The van der Waals surface area contributed by atoms with Crippen LogP contribution in [0.15, 0.2) is 16.7 Å². The van der Waals surface area contributed by atoms with Gasteiger partial charge in [-0.2, -0.15) is 0 Å². The van der Waals surface area contributed by atoms with Gasteiger partial charge >= 0.3 is 5.97 Å². The van der Waals surface area contributed by atoms with Gasteiger partial charge in [0.05, 0.1) is 12.2 Å². The normalized spacial score (nSPS) is 14.5. The zero-order valence-corrected chi connectivity index (χ0v) is 10.1. The van der Waals surface area contributed by atoms with E-state index >= 15 is 0 Å². The lowest BCUT2D eigenvalue weighted by Crippen LogP contribution is -2.35. The molecule has 1 fully saturated rings. The van der Waals surface area contributed by atoms with Crippen molar-refractivity contribution in [3.63, 3.8) is 0 Å². The summed E-state index contributed by atoms with van der Waals surface area (Å²) in [6, 6.07) is 1.48.